The van der Waals surface area contributed by atoms with Gasteiger partial charge in [0.2, 0.25) is 0 Å². The van der Waals surface area contributed by atoms with Gasteiger partial charge in [-0.3, -0.25) is 0 Å². The molecule has 0 spiro atoms. The van der Waals surface area contributed by atoms with Crippen LogP contribution in [0.3, 0.4) is 0 Å². The molecule has 0 fully saturated rings. The third kappa shape index (κ3) is 5.92. The monoisotopic (exact) mass is 688 g/mol. The van der Waals surface area contributed by atoms with Gasteiger partial charge in [-0.1, -0.05) is 0 Å². The van der Waals surface area contributed by atoms with Crippen molar-refractivity contribution in [1.29, 1.82) is 0 Å². The molecule has 3 nitrogen and oxygen atoms in total. The molecule has 0 atom stereocenters. The number of ether oxygens (including phenoxy) is 1. The van der Waals surface area contributed by atoms with Crippen LogP contribution in [-0.2, 0) is 0 Å². The van der Waals surface area contributed by atoms with E-state index in [1.54, 1.807) is 18.9 Å². The number of rotatable bonds is 13. The fourth-order valence-corrected chi connectivity index (χ4v) is 2.96. The Morgan fingerprint density at radius 3 is 1.39 bits per heavy atom. The predicted octanol–water partition coefficient (Wildman–Crippen LogP) is 8.94. The highest BCUT2D eigenvalue weighted by Gasteiger charge is 2.96. The van der Waals surface area contributed by atoms with Gasteiger partial charge < -0.3 is 9.64 Å². The number of halogens is 19. The highest BCUT2D eigenvalue weighted by molar-refractivity contribution is 5.64. The lowest BCUT2D eigenvalue weighted by atomic mass is 9.87. The molecule has 0 amide bonds. The van der Waals surface area contributed by atoms with Crippen LogP contribution in [0.1, 0.15) is 18.1 Å². The molecule has 256 valence electrons. The van der Waals surface area contributed by atoms with E-state index in [0.717, 1.165) is 19.1 Å². The van der Waals surface area contributed by atoms with Gasteiger partial charge in [0.05, 0.1) is 12.0 Å². The number of nitrogens with zero attached hydrogens (tertiary/aromatic N) is 2. The lowest BCUT2D eigenvalue weighted by Crippen LogP contribution is -2.76. The van der Waals surface area contributed by atoms with E-state index in [0.29, 0.717) is 6.54 Å². The first kappa shape index (κ1) is 39.2. The molecule has 1 rings (SSSR count). The van der Waals surface area contributed by atoms with Crippen LogP contribution in [0.15, 0.2) is 17.1 Å². The van der Waals surface area contributed by atoms with Crippen LogP contribution in [-0.4, -0.2) is 85.0 Å². The van der Waals surface area contributed by atoms with Crippen molar-refractivity contribution >= 4 is 12.0 Å². The Morgan fingerprint density at radius 1 is 0.614 bits per heavy atom. The maximum Gasteiger partial charge on any atom is 0.460 e. The zero-order chi connectivity index (χ0) is 35.3. The molecule has 1 aromatic carbocycles. The summed E-state index contributed by atoms with van der Waals surface area (Å²) in [4.78, 5) is 5.52. The molecule has 44 heavy (non-hydrogen) atoms. The van der Waals surface area contributed by atoms with Crippen LogP contribution >= 0.6 is 0 Å². The molecule has 0 aliphatic carbocycles. The van der Waals surface area contributed by atoms with Crippen molar-refractivity contribution in [1.82, 2.24) is 4.90 Å². The number of hydrogen-bond donors (Lipinski definition) is 0. The maximum absolute atomic E-state index is 14.2. The SMILES string of the molecule is CCN(C)C=Nc1cc(C)c(OCC(F)(F)C(F)(F)C(F)(F)C(F)(F)C(F)(F)C(F)(F)C(F)(F)C(F)(F)C(F)(F)F)cc1C. The van der Waals surface area contributed by atoms with Crippen molar-refractivity contribution in [3.05, 3.63) is 23.3 Å². The van der Waals surface area contributed by atoms with Gasteiger partial charge in [0, 0.05) is 13.6 Å². The summed E-state index contributed by atoms with van der Waals surface area (Å²) in [5.74, 6) is -67.9. The zero-order valence-corrected chi connectivity index (χ0v) is 22.1. The highest BCUT2D eigenvalue weighted by atomic mass is 19.4. The first-order chi connectivity index (χ1) is 19.2. The second-order valence-corrected chi connectivity index (χ2v) is 9.23. The second kappa shape index (κ2) is 11.5. The Morgan fingerprint density at radius 2 is 1.00 bits per heavy atom. The van der Waals surface area contributed by atoms with E-state index in [-0.39, 0.29) is 16.8 Å². The number of hydrogen-bond acceptors (Lipinski definition) is 2. The molecule has 0 heterocycles. The standard InChI is InChI=1S/C22H19F19N2O/c1-5-43(4)9-42-12-6-11(3)13(7-10(12)2)44-8-14(23,24)15(25,26)16(27,28)17(29,30)18(31,32)19(33,34)20(35,36)21(37,38)22(39,40)41/h6-7,9H,5,8H2,1-4H3. The Hall–Kier alpha value is -2.84. The minimum Gasteiger partial charge on any atom is -0.487 e. The smallest absolute Gasteiger partial charge is 0.460 e. The van der Waals surface area contributed by atoms with Crippen LogP contribution in [0.2, 0.25) is 0 Å². The minimum absolute atomic E-state index is 0.0387. The van der Waals surface area contributed by atoms with Gasteiger partial charge in [-0.05, 0) is 44.0 Å². The fourth-order valence-electron chi connectivity index (χ4n) is 2.96. The lowest BCUT2D eigenvalue weighted by molar-refractivity contribution is -0.469. The Labute approximate surface area is 234 Å². The Bertz CT molecular complexity index is 1210. The third-order valence-corrected chi connectivity index (χ3v) is 5.98. The molecule has 0 N–H and O–H groups in total. The second-order valence-electron chi connectivity index (χ2n) is 9.23. The van der Waals surface area contributed by atoms with E-state index in [1.807, 2.05) is 0 Å². The van der Waals surface area contributed by atoms with E-state index < -0.39 is 65.9 Å². The van der Waals surface area contributed by atoms with Crippen molar-refractivity contribution in [3.8, 4) is 5.75 Å². The maximum atomic E-state index is 14.2. The van der Waals surface area contributed by atoms with Crippen LogP contribution in [0.4, 0.5) is 89.1 Å². The Kier molecular flexibility index (Phi) is 10.2. The molecule has 0 aliphatic heterocycles. The van der Waals surface area contributed by atoms with Gasteiger partial charge in [0.15, 0.2) is 6.61 Å². The summed E-state index contributed by atoms with van der Waals surface area (Å²) in [6.45, 7) is 1.34. The first-order valence-electron chi connectivity index (χ1n) is 11.3. The van der Waals surface area contributed by atoms with E-state index >= 15 is 0 Å². The lowest BCUT2D eigenvalue weighted by Gasteiger charge is -2.43. The van der Waals surface area contributed by atoms with E-state index in [4.69, 9.17) is 0 Å². The molecule has 0 radical (unpaired) electrons. The topological polar surface area (TPSA) is 24.8 Å². The third-order valence-electron chi connectivity index (χ3n) is 5.98. The van der Waals surface area contributed by atoms with Gasteiger partial charge in [-0.15, -0.1) is 0 Å². The average Bonchev–Trinajstić information content (AvgIpc) is 2.86. The van der Waals surface area contributed by atoms with Crippen molar-refractivity contribution in [3.63, 3.8) is 0 Å². The van der Waals surface area contributed by atoms with Crippen molar-refractivity contribution in [2.45, 2.75) is 74.3 Å². The zero-order valence-electron chi connectivity index (χ0n) is 22.1. The normalized spacial score (nSPS) is 15.2. The van der Waals surface area contributed by atoms with E-state index in [1.165, 1.54) is 13.3 Å². The summed E-state index contributed by atoms with van der Waals surface area (Å²) in [6, 6.07) is 1.84. The summed E-state index contributed by atoms with van der Waals surface area (Å²) in [7, 11) is 1.57. The minimum atomic E-state index is -8.96. The van der Waals surface area contributed by atoms with Crippen LogP contribution < -0.4 is 4.74 Å². The highest BCUT2D eigenvalue weighted by Crippen LogP contribution is 2.65. The summed E-state index contributed by atoms with van der Waals surface area (Å²) in [6.07, 6.45) is -6.65. The molecule has 1 aromatic rings. The largest absolute Gasteiger partial charge is 0.487 e. The van der Waals surface area contributed by atoms with Gasteiger partial charge in [0.25, 0.3) is 0 Å². The van der Waals surface area contributed by atoms with Crippen LogP contribution in [0.25, 0.3) is 0 Å². The summed E-state index contributed by atoms with van der Waals surface area (Å²) >= 11 is 0. The van der Waals surface area contributed by atoms with E-state index in [2.05, 4.69) is 9.73 Å². The summed E-state index contributed by atoms with van der Waals surface area (Å²) in [5, 5.41) is 0. The molecular formula is C22H19F19N2O. The molecule has 0 saturated heterocycles. The van der Waals surface area contributed by atoms with Crippen molar-refractivity contribution in [2.24, 2.45) is 4.99 Å². The van der Waals surface area contributed by atoms with Crippen LogP contribution in [0, 0.1) is 13.8 Å². The molecule has 0 aliphatic rings. The summed E-state index contributed by atoms with van der Waals surface area (Å²) in [5.41, 5.74) is -0.108. The van der Waals surface area contributed by atoms with Gasteiger partial charge in [0.1, 0.15) is 5.75 Å². The molecule has 0 saturated carbocycles. The van der Waals surface area contributed by atoms with Gasteiger partial charge in [-0.25, -0.2) is 4.99 Å². The predicted molar refractivity (Wildman–Crippen MR) is 113 cm³/mol. The molecule has 0 aromatic heterocycles. The molecule has 0 bridgehead atoms. The number of aliphatic imine (C=N–C) groups is 1. The van der Waals surface area contributed by atoms with Crippen LogP contribution in [0.5, 0.6) is 5.75 Å². The van der Waals surface area contributed by atoms with Crippen molar-refractivity contribution < 1.29 is 88.2 Å². The average molecular weight is 688 g/mol. The quantitative estimate of drug-likeness (QED) is 0.118. The number of alkyl halides is 19. The fraction of sp³-hybridized carbons (Fsp3) is 0.682. The Balaban J connectivity index is 3.52. The first-order valence-corrected chi connectivity index (χ1v) is 11.3. The molecular weight excluding hydrogens is 669 g/mol. The summed E-state index contributed by atoms with van der Waals surface area (Å²) < 4.78 is 260. The van der Waals surface area contributed by atoms with Gasteiger partial charge in [-0.2, -0.15) is 83.4 Å². The molecule has 22 heteroatoms. The molecule has 0 unspecified atom stereocenters. The van der Waals surface area contributed by atoms with E-state index in [9.17, 15) is 83.4 Å². The number of aryl methyl sites for hydroxylation is 2. The van der Waals surface area contributed by atoms with Gasteiger partial charge >= 0.3 is 53.6 Å². The number of benzene rings is 1. The van der Waals surface area contributed by atoms with Crippen molar-refractivity contribution in [2.75, 3.05) is 20.2 Å².